The molecule has 0 aliphatic carbocycles. The third-order valence-electron chi connectivity index (χ3n) is 4.06. The van der Waals surface area contributed by atoms with Gasteiger partial charge in [0.2, 0.25) is 5.91 Å². The average Bonchev–Trinajstić information content (AvgIpc) is 3.06. The Morgan fingerprint density at radius 1 is 1.20 bits per heavy atom. The Morgan fingerprint density at radius 2 is 2.00 bits per heavy atom. The summed E-state index contributed by atoms with van der Waals surface area (Å²) < 4.78 is 7.22. The molecule has 128 valence electrons. The van der Waals surface area contributed by atoms with Gasteiger partial charge in [0.05, 0.1) is 13.5 Å². The van der Waals surface area contributed by atoms with Crippen LogP contribution in [0.25, 0.3) is 0 Å². The Kier molecular flexibility index (Phi) is 5.14. The zero-order chi connectivity index (χ0) is 17.6. The van der Waals surface area contributed by atoms with E-state index in [1.165, 1.54) is 0 Å². The van der Waals surface area contributed by atoms with Gasteiger partial charge in [-0.2, -0.15) is 0 Å². The lowest BCUT2D eigenvalue weighted by molar-refractivity contribution is -0.121. The number of aromatic nitrogens is 2. The van der Waals surface area contributed by atoms with Crippen LogP contribution in [0.3, 0.4) is 0 Å². The van der Waals surface area contributed by atoms with E-state index in [0.29, 0.717) is 6.42 Å². The fourth-order valence-electron chi connectivity index (χ4n) is 2.77. The van der Waals surface area contributed by atoms with Crippen molar-refractivity contribution in [3.05, 3.63) is 83.9 Å². The van der Waals surface area contributed by atoms with Gasteiger partial charge in [-0.25, -0.2) is 4.98 Å². The summed E-state index contributed by atoms with van der Waals surface area (Å²) >= 11 is 0. The van der Waals surface area contributed by atoms with Crippen LogP contribution in [0.4, 0.5) is 0 Å². The number of rotatable bonds is 6. The Balaban J connectivity index is 1.86. The van der Waals surface area contributed by atoms with Gasteiger partial charge in [0.15, 0.2) is 0 Å². The molecular weight excluding hydrogens is 314 g/mol. The molecular formula is C20H21N3O2. The van der Waals surface area contributed by atoms with Crippen molar-refractivity contribution in [3.8, 4) is 5.75 Å². The van der Waals surface area contributed by atoms with Crippen LogP contribution >= 0.6 is 0 Å². The molecule has 1 atom stereocenters. The number of benzene rings is 2. The number of methoxy groups -OCH3 is 1. The van der Waals surface area contributed by atoms with Gasteiger partial charge in [-0.1, -0.05) is 42.5 Å². The summed E-state index contributed by atoms with van der Waals surface area (Å²) in [5, 5.41) is 3.10. The molecule has 1 aromatic heterocycles. The molecule has 1 amide bonds. The van der Waals surface area contributed by atoms with Crippen molar-refractivity contribution < 1.29 is 9.53 Å². The largest absolute Gasteiger partial charge is 0.497 e. The summed E-state index contributed by atoms with van der Waals surface area (Å²) in [4.78, 5) is 17.0. The summed E-state index contributed by atoms with van der Waals surface area (Å²) in [5.74, 6) is 1.46. The summed E-state index contributed by atoms with van der Waals surface area (Å²) in [6.45, 7) is 0. The molecule has 5 nitrogen and oxygen atoms in total. The third kappa shape index (κ3) is 4.07. The minimum absolute atomic E-state index is 0.0537. The van der Waals surface area contributed by atoms with Gasteiger partial charge in [-0.15, -0.1) is 0 Å². The summed E-state index contributed by atoms with van der Waals surface area (Å²) in [6, 6.07) is 17.0. The van der Waals surface area contributed by atoms with E-state index in [4.69, 9.17) is 4.74 Å². The molecule has 0 fully saturated rings. The predicted octanol–water partition coefficient (Wildman–Crippen LogP) is 2.88. The van der Waals surface area contributed by atoms with Gasteiger partial charge in [0, 0.05) is 19.4 Å². The van der Waals surface area contributed by atoms with Gasteiger partial charge in [0.25, 0.3) is 0 Å². The van der Waals surface area contributed by atoms with E-state index < -0.39 is 0 Å². The first-order chi connectivity index (χ1) is 12.2. The lowest BCUT2D eigenvalue weighted by Crippen LogP contribution is -2.32. The molecule has 0 aliphatic rings. The molecule has 1 heterocycles. The number of imidazole rings is 1. The molecule has 5 heteroatoms. The number of ether oxygens (including phenoxy) is 1. The molecule has 0 aliphatic heterocycles. The van der Waals surface area contributed by atoms with Crippen LogP contribution in [0, 0.1) is 0 Å². The average molecular weight is 335 g/mol. The fourth-order valence-corrected chi connectivity index (χ4v) is 2.77. The highest BCUT2D eigenvalue weighted by Gasteiger charge is 2.21. The zero-order valence-electron chi connectivity index (χ0n) is 14.3. The molecule has 3 aromatic rings. The molecule has 0 spiro atoms. The first-order valence-corrected chi connectivity index (χ1v) is 8.12. The minimum atomic E-state index is -0.341. The number of nitrogens with one attached hydrogen (secondary N) is 1. The first-order valence-electron chi connectivity index (χ1n) is 8.12. The van der Waals surface area contributed by atoms with Crippen LogP contribution in [-0.2, 0) is 18.3 Å². The van der Waals surface area contributed by atoms with Crippen LogP contribution in [0.15, 0.2) is 67.0 Å². The van der Waals surface area contributed by atoms with Gasteiger partial charge in [0.1, 0.15) is 17.6 Å². The SMILES string of the molecule is COc1cccc(C(NC(=O)Cc2ccccc2)c2nccn2C)c1. The van der Waals surface area contributed by atoms with Crippen LogP contribution in [0.5, 0.6) is 5.75 Å². The Bertz CT molecular complexity index is 843. The topological polar surface area (TPSA) is 56.1 Å². The number of carbonyl (C=O) groups excluding carboxylic acids is 1. The maximum Gasteiger partial charge on any atom is 0.225 e. The molecule has 0 bridgehead atoms. The number of nitrogens with zero attached hydrogens (tertiary/aromatic N) is 2. The van der Waals surface area contributed by atoms with Gasteiger partial charge < -0.3 is 14.6 Å². The second-order valence-corrected chi connectivity index (χ2v) is 5.84. The highest BCUT2D eigenvalue weighted by Crippen LogP contribution is 2.24. The van der Waals surface area contributed by atoms with Crippen molar-refractivity contribution in [3.63, 3.8) is 0 Å². The monoisotopic (exact) mass is 335 g/mol. The molecule has 1 N–H and O–H groups in total. The van der Waals surface area contributed by atoms with Gasteiger partial charge in [-0.3, -0.25) is 4.79 Å². The van der Waals surface area contributed by atoms with Crippen LogP contribution < -0.4 is 10.1 Å². The molecule has 0 saturated heterocycles. The van der Waals surface area contributed by atoms with E-state index in [1.807, 2.05) is 72.4 Å². The number of aryl methyl sites for hydroxylation is 1. The Hall–Kier alpha value is -3.08. The highest BCUT2D eigenvalue weighted by atomic mass is 16.5. The minimum Gasteiger partial charge on any atom is -0.497 e. The Labute approximate surface area is 147 Å². The molecule has 25 heavy (non-hydrogen) atoms. The number of carbonyl (C=O) groups is 1. The van der Waals surface area contributed by atoms with Crippen molar-refractivity contribution in [2.45, 2.75) is 12.5 Å². The summed E-state index contributed by atoms with van der Waals surface area (Å²) in [5.41, 5.74) is 1.90. The number of amides is 1. The second-order valence-electron chi connectivity index (χ2n) is 5.84. The van der Waals surface area contributed by atoms with Gasteiger partial charge in [-0.05, 0) is 23.3 Å². The first kappa shape index (κ1) is 16.8. The van der Waals surface area contributed by atoms with E-state index in [1.54, 1.807) is 13.3 Å². The molecule has 3 rings (SSSR count). The van der Waals surface area contributed by atoms with Crippen molar-refractivity contribution in [2.75, 3.05) is 7.11 Å². The second kappa shape index (κ2) is 7.66. The smallest absolute Gasteiger partial charge is 0.225 e. The van der Waals surface area contributed by atoms with E-state index in [0.717, 1.165) is 22.7 Å². The molecule has 0 saturated carbocycles. The van der Waals surface area contributed by atoms with E-state index >= 15 is 0 Å². The van der Waals surface area contributed by atoms with Crippen LogP contribution in [0.1, 0.15) is 23.0 Å². The normalized spacial score (nSPS) is 11.8. The lowest BCUT2D eigenvalue weighted by atomic mass is 10.0. The van der Waals surface area contributed by atoms with Crippen molar-refractivity contribution in [1.29, 1.82) is 0 Å². The van der Waals surface area contributed by atoms with E-state index in [-0.39, 0.29) is 11.9 Å². The quantitative estimate of drug-likeness (QED) is 0.753. The summed E-state index contributed by atoms with van der Waals surface area (Å²) in [6.07, 6.45) is 3.92. The molecule has 2 aromatic carbocycles. The van der Waals surface area contributed by atoms with Crippen molar-refractivity contribution >= 4 is 5.91 Å². The fraction of sp³-hybridized carbons (Fsp3) is 0.200. The molecule has 0 radical (unpaired) electrons. The summed E-state index contributed by atoms with van der Waals surface area (Å²) in [7, 11) is 3.54. The maximum absolute atomic E-state index is 12.6. The van der Waals surface area contributed by atoms with Gasteiger partial charge >= 0.3 is 0 Å². The standard InChI is InChI=1S/C20H21N3O2/c1-23-12-11-21-20(23)19(16-9-6-10-17(14-16)25-2)22-18(24)13-15-7-4-3-5-8-15/h3-12,14,19H,13H2,1-2H3,(H,22,24). The van der Waals surface area contributed by atoms with E-state index in [2.05, 4.69) is 10.3 Å². The maximum atomic E-state index is 12.6. The van der Waals surface area contributed by atoms with Crippen LogP contribution in [0.2, 0.25) is 0 Å². The van der Waals surface area contributed by atoms with Crippen molar-refractivity contribution in [1.82, 2.24) is 14.9 Å². The lowest BCUT2D eigenvalue weighted by Gasteiger charge is -2.20. The number of hydrogen-bond acceptors (Lipinski definition) is 3. The van der Waals surface area contributed by atoms with E-state index in [9.17, 15) is 4.79 Å². The third-order valence-corrected chi connectivity index (χ3v) is 4.06. The number of hydrogen-bond donors (Lipinski definition) is 1. The predicted molar refractivity (Wildman–Crippen MR) is 96.3 cm³/mol. The van der Waals surface area contributed by atoms with Crippen molar-refractivity contribution in [2.24, 2.45) is 7.05 Å². The Morgan fingerprint density at radius 3 is 2.68 bits per heavy atom. The molecule has 1 unspecified atom stereocenters. The zero-order valence-corrected chi connectivity index (χ0v) is 14.3. The van der Waals surface area contributed by atoms with Crippen LogP contribution in [-0.4, -0.2) is 22.6 Å². The highest BCUT2D eigenvalue weighted by molar-refractivity contribution is 5.79.